The van der Waals surface area contributed by atoms with Gasteiger partial charge in [-0.1, -0.05) is 18.2 Å². The molecule has 0 bridgehead atoms. The van der Waals surface area contributed by atoms with E-state index in [2.05, 4.69) is 0 Å². The summed E-state index contributed by atoms with van der Waals surface area (Å²) in [7, 11) is 0. The number of rotatable bonds is 2. The van der Waals surface area contributed by atoms with E-state index in [9.17, 15) is 4.79 Å². The monoisotopic (exact) mass is 222 g/mol. The zero-order valence-corrected chi connectivity index (χ0v) is 8.53. The molecular formula is C8H12Cl2N2O. The van der Waals surface area contributed by atoms with Crippen LogP contribution >= 0.6 is 24.8 Å². The Morgan fingerprint density at radius 1 is 1.23 bits per heavy atom. The Kier molecular flexibility index (Phi) is 7.61. The molecule has 0 saturated carbocycles. The molecule has 5 heteroatoms. The molecule has 74 valence electrons. The molecule has 1 aromatic carbocycles. The molecule has 0 radical (unpaired) electrons. The first kappa shape index (κ1) is 14.7. The smallest absolute Gasteiger partial charge is 0.249 e. The second-order valence-corrected chi connectivity index (χ2v) is 2.23. The van der Waals surface area contributed by atoms with Crippen LogP contribution in [0.3, 0.4) is 0 Å². The summed E-state index contributed by atoms with van der Waals surface area (Å²) in [5.41, 5.74) is 11.8. The SMILES string of the molecule is Cl.Cl.NCc1ccccc1C(N)=O. The van der Waals surface area contributed by atoms with Gasteiger partial charge in [0.15, 0.2) is 0 Å². The zero-order valence-electron chi connectivity index (χ0n) is 6.90. The van der Waals surface area contributed by atoms with Crippen LogP contribution in [0, 0.1) is 0 Å². The number of halogens is 2. The van der Waals surface area contributed by atoms with Crippen LogP contribution in [0.2, 0.25) is 0 Å². The van der Waals surface area contributed by atoms with Crippen LogP contribution < -0.4 is 11.5 Å². The predicted octanol–water partition coefficient (Wildman–Crippen LogP) is 1.09. The van der Waals surface area contributed by atoms with Crippen LogP contribution in [0.4, 0.5) is 0 Å². The summed E-state index contributed by atoms with van der Waals surface area (Å²) in [5, 5.41) is 0. The molecule has 1 rings (SSSR count). The van der Waals surface area contributed by atoms with Gasteiger partial charge in [-0.05, 0) is 11.6 Å². The molecule has 1 aromatic rings. The lowest BCUT2D eigenvalue weighted by molar-refractivity contribution is 0.0999. The number of carbonyl (C=O) groups is 1. The maximum atomic E-state index is 10.7. The molecule has 3 nitrogen and oxygen atoms in total. The molecule has 0 unspecified atom stereocenters. The summed E-state index contributed by atoms with van der Waals surface area (Å²) in [6.07, 6.45) is 0. The van der Waals surface area contributed by atoms with Crippen LogP contribution in [0.25, 0.3) is 0 Å². The van der Waals surface area contributed by atoms with Crippen LogP contribution in [-0.2, 0) is 6.54 Å². The van der Waals surface area contributed by atoms with Gasteiger partial charge in [-0.2, -0.15) is 0 Å². The van der Waals surface area contributed by atoms with Crippen molar-refractivity contribution in [2.75, 3.05) is 0 Å². The van der Waals surface area contributed by atoms with Crippen molar-refractivity contribution in [2.45, 2.75) is 6.54 Å². The van der Waals surface area contributed by atoms with Crippen LogP contribution in [0.15, 0.2) is 24.3 Å². The fourth-order valence-electron chi connectivity index (χ4n) is 0.939. The number of hydrogen-bond acceptors (Lipinski definition) is 2. The first-order valence-corrected chi connectivity index (χ1v) is 3.33. The number of carbonyl (C=O) groups excluding carboxylic acids is 1. The minimum absolute atomic E-state index is 0. The standard InChI is InChI=1S/C8H10N2O.2ClH/c9-5-6-3-1-2-4-7(6)8(10)11;;/h1-4H,5,9H2,(H2,10,11);2*1H. The van der Waals surface area contributed by atoms with E-state index in [-0.39, 0.29) is 24.8 Å². The van der Waals surface area contributed by atoms with Gasteiger partial charge in [0.1, 0.15) is 0 Å². The summed E-state index contributed by atoms with van der Waals surface area (Å²) in [6.45, 7) is 0.346. The lowest BCUT2D eigenvalue weighted by Gasteiger charge is -2.01. The molecule has 0 aromatic heterocycles. The predicted molar refractivity (Wildman–Crippen MR) is 57.3 cm³/mol. The summed E-state index contributed by atoms with van der Waals surface area (Å²) < 4.78 is 0. The van der Waals surface area contributed by atoms with E-state index in [0.29, 0.717) is 12.1 Å². The number of hydrogen-bond donors (Lipinski definition) is 2. The van der Waals surface area contributed by atoms with Crippen LogP contribution in [0.1, 0.15) is 15.9 Å². The molecule has 1 amide bonds. The van der Waals surface area contributed by atoms with Crippen LogP contribution in [0.5, 0.6) is 0 Å². The van der Waals surface area contributed by atoms with Crippen molar-refractivity contribution >= 4 is 30.7 Å². The van der Waals surface area contributed by atoms with Gasteiger partial charge in [0.05, 0.1) is 0 Å². The third-order valence-corrected chi connectivity index (χ3v) is 1.50. The van der Waals surface area contributed by atoms with Gasteiger partial charge in [-0.15, -0.1) is 24.8 Å². The molecule has 0 saturated heterocycles. The van der Waals surface area contributed by atoms with Gasteiger partial charge in [-0.25, -0.2) is 0 Å². The highest BCUT2D eigenvalue weighted by Gasteiger charge is 2.03. The zero-order chi connectivity index (χ0) is 8.27. The maximum absolute atomic E-state index is 10.7. The van der Waals surface area contributed by atoms with E-state index >= 15 is 0 Å². The van der Waals surface area contributed by atoms with Crippen molar-refractivity contribution in [1.29, 1.82) is 0 Å². The summed E-state index contributed by atoms with van der Waals surface area (Å²) in [4.78, 5) is 10.7. The summed E-state index contributed by atoms with van der Waals surface area (Å²) in [6, 6.07) is 7.05. The fraction of sp³-hybridized carbons (Fsp3) is 0.125. The first-order chi connectivity index (χ1) is 5.25. The molecule has 0 aliphatic carbocycles. The van der Waals surface area contributed by atoms with Crippen molar-refractivity contribution in [3.63, 3.8) is 0 Å². The van der Waals surface area contributed by atoms with E-state index in [1.54, 1.807) is 18.2 Å². The summed E-state index contributed by atoms with van der Waals surface area (Å²) >= 11 is 0. The van der Waals surface area contributed by atoms with E-state index in [1.165, 1.54) is 0 Å². The molecule has 4 N–H and O–H groups in total. The number of nitrogens with two attached hydrogens (primary N) is 2. The normalized spacial score (nSPS) is 8.08. The van der Waals surface area contributed by atoms with Crippen molar-refractivity contribution in [3.8, 4) is 0 Å². The van der Waals surface area contributed by atoms with Gasteiger partial charge in [-0.3, -0.25) is 4.79 Å². The lowest BCUT2D eigenvalue weighted by Crippen LogP contribution is -2.15. The second-order valence-electron chi connectivity index (χ2n) is 2.23. The maximum Gasteiger partial charge on any atom is 0.249 e. The van der Waals surface area contributed by atoms with Crippen molar-refractivity contribution in [3.05, 3.63) is 35.4 Å². The Labute approximate surface area is 89.3 Å². The summed E-state index contributed by atoms with van der Waals surface area (Å²) in [5.74, 6) is -0.425. The van der Waals surface area contributed by atoms with Gasteiger partial charge in [0.25, 0.3) is 0 Å². The lowest BCUT2D eigenvalue weighted by atomic mass is 10.1. The molecule has 13 heavy (non-hydrogen) atoms. The van der Waals surface area contributed by atoms with Gasteiger partial charge < -0.3 is 11.5 Å². The second kappa shape index (κ2) is 6.71. The van der Waals surface area contributed by atoms with E-state index in [0.717, 1.165) is 5.56 Å². The number of amides is 1. The Balaban J connectivity index is 0. The highest BCUT2D eigenvalue weighted by atomic mass is 35.5. The minimum Gasteiger partial charge on any atom is -0.366 e. The average molecular weight is 223 g/mol. The number of benzene rings is 1. The van der Waals surface area contributed by atoms with Crippen molar-refractivity contribution in [1.82, 2.24) is 0 Å². The Morgan fingerprint density at radius 3 is 2.15 bits per heavy atom. The van der Waals surface area contributed by atoms with Gasteiger partial charge in [0, 0.05) is 12.1 Å². The molecule has 0 spiro atoms. The third-order valence-electron chi connectivity index (χ3n) is 1.50. The van der Waals surface area contributed by atoms with E-state index < -0.39 is 5.91 Å². The fourth-order valence-corrected chi connectivity index (χ4v) is 0.939. The highest BCUT2D eigenvalue weighted by molar-refractivity contribution is 5.94. The molecule has 0 aliphatic rings. The molecule has 0 atom stereocenters. The van der Waals surface area contributed by atoms with Gasteiger partial charge >= 0.3 is 0 Å². The third kappa shape index (κ3) is 3.63. The molecule has 0 fully saturated rings. The quantitative estimate of drug-likeness (QED) is 0.787. The first-order valence-electron chi connectivity index (χ1n) is 3.33. The molecule has 0 heterocycles. The minimum atomic E-state index is -0.425. The Bertz CT molecular complexity index is 279. The van der Waals surface area contributed by atoms with E-state index in [1.807, 2.05) is 6.07 Å². The van der Waals surface area contributed by atoms with Crippen molar-refractivity contribution < 1.29 is 4.79 Å². The van der Waals surface area contributed by atoms with Crippen molar-refractivity contribution in [2.24, 2.45) is 11.5 Å². The highest BCUT2D eigenvalue weighted by Crippen LogP contribution is 2.05. The molecule has 0 aliphatic heterocycles. The van der Waals surface area contributed by atoms with E-state index in [4.69, 9.17) is 11.5 Å². The number of primary amides is 1. The Morgan fingerprint density at radius 2 is 1.77 bits per heavy atom. The largest absolute Gasteiger partial charge is 0.366 e. The Hall–Kier alpha value is -0.770. The van der Waals surface area contributed by atoms with Gasteiger partial charge in [0.2, 0.25) is 5.91 Å². The topological polar surface area (TPSA) is 69.1 Å². The average Bonchev–Trinajstić information content (AvgIpc) is 2.04. The molecular weight excluding hydrogens is 211 g/mol. The van der Waals surface area contributed by atoms with Crippen LogP contribution in [-0.4, -0.2) is 5.91 Å².